The van der Waals surface area contributed by atoms with Crippen molar-refractivity contribution in [2.75, 3.05) is 0 Å². The number of benzene rings is 7. The van der Waals surface area contributed by atoms with Crippen LogP contribution in [-0.2, 0) is 0 Å². The highest BCUT2D eigenvalue weighted by Gasteiger charge is 2.29. The highest BCUT2D eigenvalue weighted by molar-refractivity contribution is 6.10. The number of hydrogen-bond donors (Lipinski definition) is 0. The molecule has 0 amide bonds. The number of aromatic nitrogens is 1. The van der Waals surface area contributed by atoms with Gasteiger partial charge in [-0.2, -0.15) is 0 Å². The summed E-state index contributed by atoms with van der Waals surface area (Å²) in [6.07, 6.45) is 0. The molecule has 206 valence electrons. The average Bonchev–Trinajstić information content (AvgIpc) is 3.89. The van der Waals surface area contributed by atoms with E-state index in [1.54, 1.807) is 0 Å². The second-order valence-corrected chi connectivity index (χ2v) is 9.56. The molecule has 1 nitrogen and oxygen atoms in total. The van der Waals surface area contributed by atoms with E-state index in [9.17, 15) is 11.0 Å². The van der Waals surface area contributed by atoms with Gasteiger partial charge < -0.3 is 4.57 Å². The first-order valence-electron chi connectivity index (χ1n) is 27.0. The Morgan fingerprint density at radius 1 is 0.409 bits per heavy atom. The lowest BCUT2D eigenvalue weighted by atomic mass is 9.89. The van der Waals surface area contributed by atoms with Crippen molar-refractivity contribution >= 4 is 21.8 Å². The van der Waals surface area contributed by atoms with E-state index in [0.29, 0.717) is 4.57 Å². The summed E-state index contributed by atoms with van der Waals surface area (Å²) in [5.41, 5.74) is -7.61. The van der Waals surface area contributed by atoms with Gasteiger partial charge in [-0.15, -0.1) is 0 Å². The standard InChI is InChI=1S/C43H29N/c1-3-11-29(12-4-1)30-19-23-34(24-20-30)44-41-18-10-9-16-36(41)40-28-33(22-26-42(40)44)32-21-25-38-39(27-32)35-15-7-8-17-37(35)43(38)31-13-5-2-6-14-31/h1-28,43H/i1D,2D,3D,4D,5D,6D,7D,8D,9D,10D,11D,12D,13D,14D,15D,16D,17D,18D,19D,20D,21D,22D,23D,24D,25D,26D,27D,28D. The Labute approximate surface area is 296 Å². The van der Waals surface area contributed by atoms with Gasteiger partial charge in [-0.1, -0.05) is 133 Å². The Balaban J connectivity index is 1.45. The second kappa shape index (κ2) is 9.97. The van der Waals surface area contributed by atoms with Gasteiger partial charge in [0.15, 0.2) is 0 Å². The molecule has 0 saturated carbocycles. The van der Waals surface area contributed by atoms with Crippen LogP contribution in [0.1, 0.15) is 61.0 Å². The zero-order valence-electron chi connectivity index (χ0n) is 50.0. The maximum Gasteiger partial charge on any atom is 0.0645 e. The molecule has 1 heterocycles. The van der Waals surface area contributed by atoms with Crippen LogP contribution in [0.25, 0.3) is 60.9 Å². The van der Waals surface area contributed by atoms with Crippen LogP contribution >= 0.6 is 0 Å². The van der Waals surface area contributed by atoms with Gasteiger partial charge in [-0.05, 0) is 86.3 Å². The van der Waals surface area contributed by atoms with Crippen LogP contribution in [0.4, 0.5) is 0 Å². The lowest BCUT2D eigenvalue weighted by Crippen LogP contribution is -1.98. The fourth-order valence-corrected chi connectivity index (χ4v) is 5.31. The molecule has 1 heteroatoms. The third-order valence-corrected chi connectivity index (χ3v) is 7.19. The minimum absolute atomic E-state index is 0.418. The summed E-state index contributed by atoms with van der Waals surface area (Å²) in [6.45, 7) is 0. The summed E-state index contributed by atoms with van der Waals surface area (Å²) in [7, 11) is 0. The van der Waals surface area contributed by atoms with Crippen molar-refractivity contribution in [1.82, 2.24) is 4.57 Å². The normalized spacial score (nSPS) is 22.6. The number of fused-ring (bicyclic) bond motifs is 6. The maximum atomic E-state index is 9.76. The molecule has 1 aliphatic carbocycles. The molecule has 0 aliphatic heterocycles. The molecule has 1 unspecified atom stereocenters. The van der Waals surface area contributed by atoms with Crippen LogP contribution in [0, 0.1) is 0 Å². The maximum absolute atomic E-state index is 9.76. The van der Waals surface area contributed by atoms with Crippen molar-refractivity contribution < 1.29 is 38.4 Å². The largest absolute Gasteiger partial charge is 0.309 e. The van der Waals surface area contributed by atoms with Crippen molar-refractivity contribution in [3.63, 3.8) is 0 Å². The molecule has 1 atom stereocenters. The molecule has 1 aliphatic rings. The van der Waals surface area contributed by atoms with Gasteiger partial charge in [0.2, 0.25) is 0 Å². The van der Waals surface area contributed by atoms with Gasteiger partial charge >= 0.3 is 0 Å². The third-order valence-electron chi connectivity index (χ3n) is 7.19. The van der Waals surface area contributed by atoms with Gasteiger partial charge in [-0.3, -0.25) is 0 Å². The molecule has 9 rings (SSSR count). The fourth-order valence-electron chi connectivity index (χ4n) is 5.31. The number of rotatable bonds is 4. The van der Waals surface area contributed by atoms with Crippen molar-refractivity contribution in [3.05, 3.63) is 186 Å². The Morgan fingerprint density at radius 2 is 1.00 bits per heavy atom. The van der Waals surface area contributed by atoms with Crippen molar-refractivity contribution in [1.29, 1.82) is 0 Å². The van der Waals surface area contributed by atoms with E-state index < -0.39 is 253 Å². The average molecular weight is 588 g/mol. The molecule has 0 bridgehead atoms. The summed E-state index contributed by atoms with van der Waals surface area (Å²) in [5.74, 6) is -1.79. The molecule has 0 spiro atoms. The van der Waals surface area contributed by atoms with Crippen molar-refractivity contribution in [3.8, 4) is 39.1 Å². The fraction of sp³-hybridized carbons (Fsp3) is 0.0233. The number of para-hydroxylation sites is 1. The summed E-state index contributed by atoms with van der Waals surface area (Å²) in [5, 5.41) is -1.21. The Morgan fingerprint density at radius 3 is 1.84 bits per heavy atom. The third kappa shape index (κ3) is 3.87. The van der Waals surface area contributed by atoms with Crippen LogP contribution in [0.3, 0.4) is 0 Å². The first-order chi connectivity index (χ1) is 33.5. The summed E-state index contributed by atoms with van der Waals surface area (Å²) < 4.78 is 249. The van der Waals surface area contributed by atoms with E-state index in [-0.39, 0.29) is 0 Å². The first kappa shape index (κ1) is 9.67. The summed E-state index contributed by atoms with van der Waals surface area (Å²) in [6, 6.07) is -25.1. The summed E-state index contributed by atoms with van der Waals surface area (Å²) in [4.78, 5) is 0. The lowest BCUT2D eigenvalue weighted by Gasteiger charge is -2.14. The molecule has 1 aromatic heterocycles. The first-order valence-corrected chi connectivity index (χ1v) is 13.0. The predicted octanol–water partition coefficient (Wildman–Crippen LogP) is 11.3. The molecular weight excluding hydrogens is 530 g/mol. The topological polar surface area (TPSA) is 4.93 Å². The van der Waals surface area contributed by atoms with Gasteiger partial charge in [-0.25, -0.2) is 0 Å². The zero-order valence-corrected chi connectivity index (χ0v) is 22.0. The Kier molecular flexibility index (Phi) is 2.19. The molecule has 0 saturated heterocycles. The van der Waals surface area contributed by atoms with E-state index in [1.807, 2.05) is 0 Å². The van der Waals surface area contributed by atoms with Gasteiger partial charge in [0.25, 0.3) is 0 Å². The van der Waals surface area contributed by atoms with E-state index in [2.05, 4.69) is 0 Å². The summed E-state index contributed by atoms with van der Waals surface area (Å²) >= 11 is 0. The lowest BCUT2D eigenvalue weighted by molar-refractivity contribution is 1.02. The Bertz CT molecular complexity index is 3820. The van der Waals surface area contributed by atoms with Crippen molar-refractivity contribution in [2.24, 2.45) is 0 Å². The quantitative estimate of drug-likeness (QED) is 0.193. The molecular formula is C43H29N. The van der Waals surface area contributed by atoms with Gasteiger partial charge in [0, 0.05) is 22.4 Å². The molecule has 0 N–H and O–H groups in total. The van der Waals surface area contributed by atoms with Crippen LogP contribution in [-0.4, -0.2) is 4.57 Å². The smallest absolute Gasteiger partial charge is 0.0645 e. The molecule has 0 radical (unpaired) electrons. The van der Waals surface area contributed by atoms with Crippen LogP contribution < -0.4 is 0 Å². The van der Waals surface area contributed by atoms with E-state index in [4.69, 9.17) is 27.4 Å². The number of nitrogens with zero attached hydrogens (tertiary/aromatic N) is 1. The van der Waals surface area contributed by atoms with E-state index in [1.165, 1.54) is 0 Å². The molecule has 44 heavy (non-hydrogen) atoms. The monoisotopic (exact) mass is 587 g/mol. The predicted molar refractivity (Wildman–Crippen MR) is 184 cm³/mol. The van der Waals surface area contributed by atoms with Gasteiger partial charge in [0.05, 0.1) is 49.4 Å². The molecule has 7 aromatic carbocycles. The highest BCUT2D eigenvalue weighted by Crippen LogP contribution is 2.49. The van der Waals surface area contributed by atoms with Crippen LogP contribution in [0.5, 0.6) is 0 Å². The highest BCUT2D eigenvalue weighted by atomic mass is 15.0. The molecule has 8 aromatic rings. The Hall–Kier alpha value is -5.66. The van der Waals surface area contributed by atoms with Crippen molar-refractivity contribution in [2.45, 2.75) is 5.92 Å². The van der Waals surface area contributed by atoms with Crippen LogP contribution in [0.15, 0.2) is 169 Å². The van der Waals surface area contributed by atoms with E-state index in [0.717, 1.165) is 0 Å². The zero-order chi connectivity index (χ0) is 53.4. The van der Waals surface area contributed by atoms with Crippen LogP contribution in [0.2, 0.25) is 0 Å². The minimum atomic E-state index is -1.79. The van der Waals surface area contributed by atoms with Gasteiger partial charge in [0.1, 0.15) is 0 Å². The second-order valence-electron chi connectivity index (χ2n) is 9.56. The van der Waals surface area contributed by atoms with E-state index >= 15 is 0 Å². The number of hydrogen-bond acceptors (Lipinski definition) is 0. The SMILES string of the molecule is [2H]c1c([2H])c([2H])c(-c2c([2H])c([2H])c(-n3c4c([2H])c([2H])c([2H])c([2H])c4c4c([2H])c(-c5c([2H])c([2H])c6c(c5[2H])-c5c([2H])c([2H])c([2H])c([2H])c5C6c5c([2H])c([2H])c([2H])c([2H])c5[2H])c([2H])c([2H])c43)c([2H])c2[2H])c([2H])c1[2H]. The minimum Gasteiger partial charge on any atom is -0.309 e. The molecule has 0 fully saturated rings.